The van der Waals surface area contributed by atoms with Crippen LogP contribution < -0.4 is 14.8 Å². The Balaban J connectivity index is 2.97. The van der Waals surface area contributed by atoms with E-state index in [1.54, 1.807) is 12.1 Å². The number of hydrogen-bond donors (Lipinski definition) is 1. The second-order valence-electron chi connectivity index (χ2n) is 3.80. The molecule has 6 heteroatoms. The zero-order chi connectivity index (χ0) is 14.3. The van der Waals surface area contributed by atoms with E-state index in [1.807, 2.05) is 6.92 Å². The molecule has 0 aliphatic carbocycles. The van der Waals surface area contributed by atoms with E-state index in [0.717, 1.165) is 25.1 Å². The highest BCUT2D eigenvalue weighted by atomic mass is 32.2. The lowest BCUT2D eigenvalue weighted by Gasteiger charge is -2.14. The molecule has 3 nitrogen and oxygen atoms in total. The fourth-order valence-electron chi connectivity index (χ4n) is 1.72. The molecule has 0 aromatic heterocycles. The summed E-state index contributed by atoms with van der Waals surface area (Å²) in [5.41, 5.74) is 0.943. The van der Waals surface area contributed by atoms with E-state index in [9.17, 15) is 8.78 Å². The first-order chi connectivity index (χ1) is 9.12. The average Bonchev–Trinajstić information content (AvgIpc) is 2.39. The van der Waals surface area contributed by atoms with Gasteiger partial charge in [-0.25, -0.2) is 0 Å². The topological polar surface area (TPSA) is 30.5 Å². The molecule has 1 rings (SSSR count). The summed E-state index contributed by atoms with van der Waals surface area (Å²) in [5.74, 6) is -1.41. The molecule has 0 fully saturated rings. The highest BCUT2D eigenvalue weighted by molar-refractivity contribution is 7.99. The minimum Gasteiger partial charge on any atom is -0.496 e. The summed E-state index contributed by atoms with van der Waals surface area (Å²) in [6, 6.07) is 3.37. The Morgan fingerprint density at radius 1 is 1.21 bits per heavy atom. The molecule has 0 bridgehead atoms. The van der Waals surface area contributed by atoms with Crippen LogP contribution in [0, 0.1) is 0 Å². The molecule has 1 aromatic rings. The number of methoxy groups -OCH3 is 2. The molecule has 0 amide bonds. The zero-order valence-corrected chi connectivity index (χ0v) is 12.2. The lowest BCUT2D eigenvalue weighted by molar-refractivity contribution is 0.251. The summed E-state index contributed by atoms with van der Waals surface area (Å²) in [6.07, 6.45) is 0.757. The van der Waals surface area contributed by atoms with Gasteiger partial charge in [0.1, 0.15) is 11.5 Å². The van der Waals surface area contributed by atoms with E-state index >= 15 is 0 Å². The minimum absolute atomic E-state index is 0.390. The van der Waals surface area contributed by atoms with Gasteiger partial charge >= 0.3 is 0 Å². The molecular weight excluding hydrogens is 272 g/mol. The molecule has 0 aliphatic heterocycles. The largest absolute Gasteiger partial charge is 0.496 e. The van der Waals surface area contributed by atoms with Crippen LogP contribution in [0.1, 0.15) is 12.5 Å². The van der Waals surface area contributed by atoms with Crippen molar-refractivity contribution in [3.63, 3.8) is 0 Å². The van der Waals surface area contributed by atoms with Crippen LogP contribution in [-0.4, -0.2) is 33.1 Å². The number of benzene rings is 1. The van der Waals surface area contributed by atoms with Crippen LogP contribution in [0.25, 0.3) is 0 Å². The molecule has 1 N–H and O–H groups in total. The first-order valence-corrected chi connectivity index (χ1v) is 6.90. The van der Waals surface area contributed by atoms with E-state index in [2.05, 4.69) is 5.32 Å². The van der Waals surface area contributed by atoms with Crippen molar-refractivity contribution in [2.24, 2.45) is 0 Å². The Kier molecular flexibility index (Phi) is 6.94. The van der Waals surface area contributed by atoms with Gasteiger partial charge in [0.15, 0.2) is 0 Å². The van der Waals surface area contributed by atoms with E-state index in [4.69, 9.17) is 9.47 Å². The predicted octanol–water partition coefficient (Wildman–Crippen LogP) is 3.17. The van der Waals surface area contributed by atoms with E-state index in [1.165, 1.54) is 14.2 Å². The summed E-state index contributed by atoms with van der Waals surface area (Å²) in [4.78, 5) is 0.390. The van der Waals surface area contributed by atoms with E-state index in [0.29, 0.717) is 28.2 Å². The molecule has 19 heavy (non-hydrogen) atoms. The van der Waals surface area contributed by atoms with Gasteiger partial charge in [-0.2, -0.15) is 8.78 Å². The molecular formula is C13H19F2NO2S. The quantitative estimate of drug-likeness (QED) is 0.588. The molecule has 0 spiro atoms. The van der Waals surface area contributed by atoms with Crippen molar-refractivity contribution in [3.8, 4) is 11.5 Å². The number of thioether (sulfide) groups is 1. The van der Waals surface area contributed by atoms with Gasteiger partial charge in [-0.05, 0) is 37.2 Å². The smallest absolute Gasteiger partial charge is 0.289 e. The summed E-state index contributed by atoms with van der Waals surface area (Å²) in [7, 11) is 3.01. The summed E-state index contributed by atoms with van der Waals surface area (Å²) in [5, 5.41) is 3.21. The highest BCUT2D eigenvalue weighted by Gasteiger charge is 2.15. The Morgan fingerprint density at radius 2 is 1.89 bits per heavy atom. The van der Waals surface area contributed by atoms with Gasteiger partial charge in [0, 0.05) is 0 Å². The van der Waals surface area contributed by atoms with Gasteiger partial charge in [-0.1, -0.05) is 18.7 Å². The molecule has 0 atom stereocenters. The second kappa shape index (κ2) is 8.22. The van der Waals surface area contributed by atoms with Crippen LogP contribution in [0.5, 0.6) is 11.5 Å². The number of hydrogen-bond acceptors (Lipinski definition) is 4. The van der Waals surface area contributed by atoms with Crippen LogP contribution in [0.3, 0.4) is 0 Å². The van der Waals surface area contributed by atoms with Crippen molar-refractivity contribution in [3.05, 3.63) is 17.7 Å². The third kappa shape index (κ3) is 4.87. The third-order valence-electron chi connectivity index (χ3n) is 2.60. The summed E-state index contributed by atoms with van der Waals surface area (Å²) < 4.78 is 35.4. The predicted molar refractivity (Wildman–Crippen MR) is 73.7 cm³/mol. The number of alkyl halides is 2. The Morgan fingerprint density at radius 3 is 2.42 bits per heavy atom. The Labute approximate surface area is 116 Å². The average molecular weight is 291 g/mol. The standard InChI is InChI=1S/C13H19F2NO2S/c1-4-16-6-5-9-7-11(18-3)12(19-13(14)15)8-10(9)17-2/h7-8,13,16H,4-6H2,1-3H3. The molecule has 0 aliphatic rings. The monoisotopic (exact) mass is 291 g/mol. The van der Waals surface area contributed by atoms with Crippen LogP contribution in [0.15, 0.2) is 17.0 Å². The molecule has 0 radical (unpaired) electrons. The van der Waals surface area contributed by atoms with Gasteiger partial charge in [-0.3, -0.25) is 0 Å². The van der Waals surface area contributed by atoms with Crippen molar-refractivity contribution >= 4 is 11.8 Å². The number of likely N-dealkylation sites (N-methyl/N-ethyl adjacent to an activating group) is 1. The summed E-state index contributed by atoms with van der Waals surface area (Å²) in [6.45, 7) is 3.72. The van der Waals surface area contributed by atoms with Crippen LogP contribution in [0.4, 0.5) is 8.78 Å². The fraction of sp³-hybridized carbons (Fsp3) is 0.538. The maximum absolute atomic E-state index is 12.5. The van der Waals surface area contributed by atoms with Crippen LogP contribution >= 0.6 is 11.8 Å². The number of ether oxygens (including phenoxy) is 2. The molecule has 1 aromatic carbocycles. The lowest BCUT2D eigenvalue weighted by atomic mass is 10.1. The van der Waals surface area contributed by atoms with E-state index < -0.39 is 5.76 Å². The van der Waals surface area contributed by atoms with Gasteiger partial charge in [-0.15, -0.1) is 0 Å². The first-order valence-electron chi connectivity index (χ1n) is 6.02. The first kappa shape index (κ1) is 16.0. The molecule has 0 unspecified atom stereocenters. The van der Waals surface area contributed by atoms with Gasteiger partial charge in [0.25, 0.3) is 5.76 Å². The van der Waals surface area contributed by atoms with Gasteiger partial charge < -0.3 is 14.8 Å². The SMILES string of the molecule is CCNCCc1cc(OC)c(SC(F)F)cc1OC. The van der Waals surface area contributed by atoms with Crippen molar-refractivity contribution in [1.29, 1.82) is 0 Å². The minimum atomic E-state index is -2.48. The van der Waals surface area contributed by atoms with Crippen molar-refractivity contribution < 1.29 is 18.3 Å². The molecule has 0 saturated carbocycles. The normalized spacial score (nSPS) is 10.8. The third-order valence-corrected chi connectivity index (χ3v) is 3.35. The fourth-order valence-corrected chi connectivity index (χ4v) is 2.34. The summed E-state index contributed by atoms with van der Waals surface area (Å²) >= 11 is 0.462. The van der Waals surface area contributed by atoms with Gasteiger partial charge in [0.05, 0.1) is 19.1 Å². The Hall–Kier alpha value is -1.01. The van der Waals surface area contributed by atoms with E-state index in [-0.39, 0.29) is 0 Å². The molecule has 0 saturated heterocycles. The second-order valence-corrected chi connectivity index (χ2v) is 4.83. The number of halogens is 2. The molecule has 0 heterocycles. The Bertz CT molecular complexity index is 402. The maximum atomic E-state index is 12.5. The van der Waals surface area contributed by atoms with Crippen molar-refractivity contribution in [2.45, 2.75) is 24.0 Å². The number of nitrogens with one attached hydrogen (secondary N) is 1. The lowest BCUT2D eigenvalue weighted by Crippen LogP contribution is -2.16. The van der Waals surface area contributed by atoms with Crippen LogP contribution in [-0.2, 0) is 6.42 Å². The van der Waals surface area contributed by atoms with Crippen LogP contribution in [0.2, 0.25) is 0 Å². The maximum Gasteiger partial charge on any atom is 0.289 e. The molecule has 108 valence electrons. The van der Waals surface area contributed by atoms with Gasteiger partial charge in [0.2, 0.25) is 0 Å². The zero-order valence-electron chi connectivity index (χ0n) is 11.3. The van der Waals surface area contributed by atoms with Crippen molar-refractivity contribution in [1.82, 2.24) is 5.32 Å². The highest BCUT2D eigenvalue weighted by Crippen LogP contribution is 2.38. The number of rotatable bonds is 8. The van der Waals surface area contributed by atoms with Crippen molar-refractivity contribution in [2.75, 3.05) is 27.3 Å².